The van der Waals surface area contributed by atoms with Crippen LogP contribution < -0.4 is 5.32 Å². The predicted molar refractivity (Wildman–Crippen MR) is 93.6 cm³/mol. The summed E-state index contributed by atoms with van der Waals surface area (Å²) in [7, 11) is 0. The van der Waals surface area contributed by atoms with Gasteiger partial charge < -0.3 is 14.6 Å². The van der Waals surface area contributed by atoms with Gasteiger partial charge in [-0.1, -0.05) is 34.4 Å². The van der Waals surface area contributed by atoms with Crippen LogP contribution in [-0.4, -0.2) is 23.6 Å². The summed E-state index contributed by atoms with van der Waals surface area (Å²) in [6.45, 7) is 3.49. The molecule has 0 unspecified atom stereocenters. The Kier molecular flexibility index (Phi) is 6.84. The summed E-state index contributed by atoms with van der Waals surface area (Å²) in [6, 6.07) is 5.00. The van der Waals surface area contributed by atoms with E-state index in [1.165, 1.54) is 0 Å². The Morgan fingerprint density at radius 1 is 1.28 bits per heavy atom. The Balaban J connectivity index is 1.71. The number of amides is 1. The Bertz CT molecular complexity index is 755. The highest BCUT2D eigenvalue weighted by atomic mass is 35.5. The Morgan fingerprint density at radius 2 is 2.04 bits per heavy atom. The van der Waals surface area contributed by atoms with Crippen LogP contribution in [0.15, 0.2) is 22.7 Å². The molecule has 0 spiro atoms. The zero-order chi connectivity index (χ0) is 18.4. The number of rotatable bonds is 7. The molecule has 0 aliphatic heterocycles. The first kappa shape index (κ1) is 19.3. The van der Waals surface area contributed by atoms with E-state index in [4.69, 9.17) is 32.5 Å². The van der Waals surface area contributed by atoms with Gasteiger partial charge >= 0.3 is 5.97 Å². The van der Waals surface area contributed by atoms with Crippen LogP contribution in [0.25, 0.3) is 0 Å². The number of hydrogen-bond acceptors (Lipinski definition) is 5. The lowest BCUT2D eigenvalue weighted by Gasteiger charge is -2.08. The number of halogens is 2. The van der Waals surface area contributed by atoms with Gasteiger partial charge in [0.2, 0.25) is 0 Å². The fourth-order valence-electron chi connectivity index (χ4n) is 2.21. The second-order valence-electron chi connectivity index (χ2n) is 5.48. The first-order valence-electron chi connectivity index (χ1n) is 7.65. The van der Waals surface area contributed by atoms with Gasteiger partial charge in [-0.2, -0.15) is 0 Å². The highest BCUT2D eigenvalue weighted by Gasteiger charge is 2.13. The first-order chi connectivity index (χ1) is 11.9. The number of nitrogens with zero attached hydrogens (tertiary/aromatic N) is 1. The third-order valence-corrected chi connectivity index (χ3v) is 4.20. The molecular weight excluding hydrogens is 367 g/mol. The molecule has 0 atom stereocenters. The molecule has 0 saturated carbocycles. The standard InChI is InChI=1S/C17H18Cl2N2O4/c1-10-14(11(2)25-21-10)5-6-17(23)24-9-16(22)20-8-12-3-4-13(18)7-15(12)19/h3-4,7H,5-6,8-9H2,1-2H3,(H,20,22). The molecule has 0 aliphatic rings. The number of aromatic nitrogens is 1. The minimum absolute atomic E-state index is 0.152. The number of carbonyl (C=O) groups is 2. The lowest BCUT2D eigenvalue weighted by atomic mass is 10.1. The van der Waals surface area contributed by atoms with Crippen molar-refractivity contribution >= 4 is 35.1 Å². The molecule has 1 aromatic carbocycles. The molecule has 0 aliphatic carbocycles. The van der Waals surface area contributed by atoms with E-state index in [9.17, 15) is 9.59 Å². The average molecular weight is 385 g/mol. The molecular formula is C17H18Cl2N2O4. The van der Waals surface area contributed by atoms with Gasteiger partial charge in [0.15, 0.2) is 6.61 Å². The highest BCUT2D eigenvalue weighted by Crippen LogP contribution is 2.20. The molecule has 2 rings (SSSR count). The van der Waals surface area contributed by atoms with Crippen molar-refractivity contribution in [2.24, 2.45) is 0 Å². The number of benzene rings is 1. The van der Waals surface area contributed by atoms with E-state index in [2.05, 4.69) is 10.5 Å². The Hall–Kier alpha value is -2.05. The second kappa shape index (κ2) is 8.87. The van der Waals surface area contributed by atoms with Gasteiger partial charge in [0.05, 0.1) is 5.69 Å². The fraction of sp³-hybridized carbons (Fsp3) is 0.353. The topological polar surface area (TPSA) is 81.4 Å². The summed E-state index contributed by atoms with van der Waals surface area (Å²) < 4.78 is 10.00. The lowest BCUT2D eigenvalue weighted by molar-refractivity contribution is -0.148. The number of aryl methyl sites for hydroxylation is 2. The van der Waals surface area contributed by atoms with Crippen molar-refractivity contribution in [2.75, 3.05) is 6.61 Å². The normalized spacial score (nSPS) is 10.6. The molecule has 0 radical (unpaired) electrons. The van der Waals surface area contributed by atoms with E-state index in [0.717, 1.165) is 16.8 Å². The minimum atomic E-state index is -0.459. The molecule has 8 heteroatoms. The summed E-state index contributed by atoms with van der Waals surface area (Å²) in [4.78, 5) is 23.5. The summed E-state index contributed by atoms with van der Waals surface area (Å²) in [6.07, 6.45) is 0.612. The molecule has 1 amide bonds. The Morgan fingerprint density at radius 3 is 2.68 bits per heavy atom. The zero-order valence-electron chi connectivity index (χ0n) is 13.9. The number of hydrogen-bond donors (Lipinski definition) is 1. The first-order valence-corrected chi connectivity index (χ1v) is 8.40. The lowest BCUT2D eigenvalue weighted by Crippen LogP contribution is -2.28. The predicted octanol–water partition coefficient (Wildman–Crippen LogP) is 3.39. The van der Waals surface area contributed by atoms with E-state index >= 15 is 0 Å². The van der Waals surface area contributed by atoms with Gasteiger partial charge in [0.1, 0.15) is 5.76 Å². The van der Waals surface area contributed by atoms with Crippen LogP contribution in [0, 0.1) is 13.8 Å². The van der Waals surface area contributed by atoms with E-state index < -0.39 is 11.9 Å². The number of carbonyl (C=O) groups excluding carboxylic acids is 2. The SMILES string of the molecule is Cc1noc(C)c1CCC(=O)OCC(=O)NCc1ccc(Cl)cc1Cl. The molecule has 0 saturated heterocycles. The van der Waals surface area contributed by atoms with Gasteiger partial charge in [0.25, 0.3) is 5.91 Å². The van der Waals surface area contributed by atoms with Crippen molar-refractivity contribution in [3.05, 3.63) is 50.8 Å². The second-order valence-corrected chi connectivity index (χ2v) is 6.32. The molecule has 2 aromatic rings. The van der Waals surface area contributed by atoms with Crippen molar-refractivity contribution in [1.29, 1.82) is 0 Å². The summed E-state index contributed by atoms with van der Waals surface area (Å²) in [5.74, 6) is -0.181. The van der Waals surface area contributed by atoms with Gasteiger partial charge in [-0.05, 0) is 38.0 Å². The van der Waals surface area contributed by atoms with Crippen LogP contribution in [0.3, 0.4) is 0 Å². The maximum absolute atomic E-state index is 11.8. The van der Waals surface area contributed by atoms with Crippen LogP contribution in [0.5, 0.6) is 0 Å². The number of esters is 1. The molecule has 1 aromatic heterocycles. The average Bonchev–Trinajstić information content (AvgIpc) is 2.88. The number of nitrogens with one attached hydrogen (secondary N) is 1. The van der Waals surface area contributed by atoms with Crippen LogP contribution in [-0.2, 0) is 27.3 Å². The maximum Gasteiger partial charge on any atom is 0.306 e. The van der Waals surface area contributed by atoms with E-state index in [0.29, 0.717) is 22.2 Å². The van der Waals surface area contributed by atoms with Crippen molar-refractivity contribution in [1.82, 2.24) is 10.5 Å². The maximum atomic E-state index is 11.8. The summed E-state index contributed by atoms with van der Waals surface area (Å²) in [5.41, 5.74) is 2.37. The van der Waals surface area contributed by atoms with Crippen LogP contribution in [0.2, 0.25) is 10.0 Å². The van der Waals surface area contributed by atoms with Crippen molar-refractivity contribution in [2.45, 2.75) is 33.2 Å². The van der Waals surface area contributed by atoms with Gasteiger partial charge in [-0.3, -0.25) is 9.59 Å². The highest BCUT2D eigenvalue weighted by molar-refractivity contribution is 6.35. The largest absolute Gasteiger partial charge is 0.456 e. The third kappa shape index (κ3) is 5.76. The molecule has 0 fully saturated rings. The number of ether oxygens (including phenoxy) is 1. The van der Waals surface area contributed by atoms with Crippen LogP contribution in [0.4, 0.5) is 0 Å². The third-order valence-electron chi connectivity index (χ3n) is 3.62. The molecule has 25 heavy (non-hydrogen) atoms. The van der Waals surface area contributed by atoms with E-state index in [1.54, 1.807) is 25.1 Å². The molecule has 1 N–H and O–H groups in total. The monoisotopic (exact) mass is 384 g/mol. The summed E-state index contributed by atoms with van der Waals surface area (Å²) >= 11 is 11.8. The van der Waals surface area contributed by atoms with E-state index in [-0.39, 0.29) is 19.6 Å². The van der Waals surface area contributed by atoms with Crippen molar-refractivity contribution in [3.8, 4) is 0 Å². The molecule has 1 heterocycles. The van der Waals surface area contributed by atoms with E-state index in [1.807, 2.05) is 6.92 Å². The van der Waals surface area contributed by atoms with Crippen molar-refractivity contribution in [3.63, 3.8) is 0 Å². The minimum Gasteiger partial charge on any atom is -0.456 e. The quantitative estimate of drug-likeness (QED) is 0.739. The van der Waals surface area contributed by atoms with Crippen LogP contribution in [0.1, 0.15) is 29.0 Å². The molecule has 6 nitrogen and oxygen atoms in total. The fourth-order valence-corrected chi connectivity index (χ4v) is 2.69. The van der Waals surface area contributed by atoms with Gasteiger partial charge in [-0.25, -0.2) is 0 Å². The smallest absolute Gasteiger partial charge is 0.306 e. The zero-order valence-corrected chi connectivity index (χ0v) is 15.4. The van der Waals surface area contributed by atoms with Gasteiger partial charge in [-0.15, -0.1) is 0 Å². The van der Waals surface area contributed by atoms with Gasteiger partial charge in [0, 0.05) is 28.6 Å². The summed E-state index contributed by atoms with van der Waals surface area (Å²) in [5, 5.41) is 7.44. The molecule has 0 bridgehead atoms. The van der Waals surface area contributed by atoms with Crippen molar-refractivity contribution < 1.29 is 18.8 Å². The molecule has 134 valence electrons. The van der Waals surface area contributed by atoms with Crippen LogP contribution >= 0.6 is 23.2 Å². The Labute approximate surface area is 155 Å².